The molecule has 1 aromatic carbocycles. The standard InChI is InChI=1S/C18H15N3O4S/c1-2-26-16-15(13-3-5-14(6-4-13)21(24)25)17(22)20(18(16)23)11-12-7-9-19-10-8-12/h3-10H,2,11H2,1H3. The minimum Gasteiger partial charge on any atom is -0.269 e. The first-order valence-corrected chi connectivity index (χ1v) is 8.88. The highest BCUT2D eigenvalue weighted by molar-refractivity contribution is 8.04. The van der Waals surface area contributed by atoms with Crippen LogP contribution < -0.4 is 0 Å². The van der Waals surface area contributed by atoms with Gasteiger partial charge in [0.15, 0.2) is 0 Å². The van der Waals surface area contributed by atoms with Gasteiger partial charge in [-0.2, -0.15) is 0 Å². The van der Waals surface area contributed by atoms with E-state index < -0.39 is 10.8 Å². The second-order valence-corrected chi connectivity index (χ2v) is 6.77. The molecule has 2 aromatic rings. The van der Waals surface area contributed by atoms with Crippen LogP contribution in [0, 0.1) is 10.1 Å². The van der Waals surface area contributed by atoms with Crippen molar-refractivity contribution < 1.29 is 14.5 Å². The molecule has 0 saturated carbocycles. The summed E-state index contributed by atoms with van der Waals surface area (Å²) in [6.07, 6.45) is 3.21. The van der Waals surface area contributed by atoms with Crippen LogP contribution >= 0.6 is 11.8 Å². The van der Waals surface area contributed by atoms with Crippen molar-refractivity contribution in [3.8, 4) is 0 Å². The third kappa shape index (κ3) is 3.36. The SMILES string of the molecule is CCSC1=C(c2ccc([N+](=O)[O-])cc2)C(=O)N(Cc2ccncc2)C1=O. The second-order valence-electron chi connectivity index (χ2n) is 5.49. The molecule has 1 aliphatic heterocycles. The Morgan fingerprint density at radius 2 is 1.73 bits per heavy atom. The molecule has 0 aliphatic carbocycles. The van der Waals surface area contributed by atoms with Gasteiger partial charge in [0.05, 0.1) is 21.9 Å². The Labute approximate surface area is 153 Å². The van der Waals surface area contributed by atoms with Crippen LogP contribution in [0.25, 0.3) is 5.57 Å². The van der Waals surface area contributed by atoms with Crippen LogP contribution in [0.1, 0.15) is 18.1 Å². The van der Waals surface area contributed by atoms with E-state index in [4.69, 9.17) is 0 Å². The lowest BCUT2D eigenvalue weighted by Crippen LogP contribution is -2.30. The number of nitrogens with zero attached hydrogens (tertiary/aromatic N) is 3. The van der Waals surface area contributed by atoms with Gasteiger partial charge in [-0.25, -0.2) is 0 Å². The van der Waals surface area contributed by atoms with Crippen LogP contribution in [0.5, 0.6) is 0 Å². The average Bonchev–Trinajstić information content (AvgIpc) is 2.87. The molecule has 1 aliphatic rings. The number of pyridine rings is 1. The summed E-state index contributed by atoms with van der Waals surface area (Å²) in [6, 6.07) is 9.17. The summed E-state index contributed by atoms with van der Waals surface area (Å²) in [4.78, 5) is 41.5. The average molecular weight is 369 g/mol. The van der Waals surface area contributed by atoms with Crippen LogP contribution in [0.4, 0.5) is 5.69 Å². The highest BCUT2D eigenvalue weighted by atomic mass is 32.2. The van der Waals surface area contributed by atoms with Crippen molar-refractivity contribution in [1.29, 1.82) is 0 Å². The molecule has 0 saturated heterocycles. The second kappa shape index (κ2) is 7.49. The van der Waals surface area contributed by atoms with Crippen molar-refractivity contribution in [1.82, 2.24) is 9.88 Å². The maximum atomic E-state index is 12.9. The van der Waals surface area contributed by atoms with Gasteiger partial charge in [0.1, 0.15) is 0 Å². The number of non-ortho nitro benzene ring substituents is 1. The number of nitro groups is 1. The molecule has 0 spiro atoms. The van der Waals surface area contributed by atoms with Gasteiger partial charge >= 0.3 is 0 Å². The molecule has 0 atom stereocenters. The number of rotatable bonds is 6. The summed E-state index contributed by atoms with van der Waals surface area (Å²) in [5, 5.41) is 10.8. The van der Waals surface area contributed by atoms with E-state index in [0.717, 1.165) is 5.56 Å². The third-order valence-corrected chi connectivity index (χ3v) is 4.83. The zero-order chi connectivity index (χ0) is 18.7. The number of carbonyl (C=O) groups excluding carboxylic acids is 2. The van der Waals surface area contributed by atoms with E-state index in [1.165, 1.54) is 40.9 Å². The van der Waals surface area contributed by atoms with Crippen LogP contribution in [0.15, 0.2) is 53.7 Å². The highest BCUT2D eigenvalue weighted by Crippen LogP contribution is 2.37. The molecule has 3 rings (SSSR count). The lowest BCUT2D eigenvalue weighted by Gasteiger charge is -2.15. The van der Waals surface area contributed by atoms with Crippen molar-refractivity contribution in [3.05, 3.63) is 74.9 Å². The smallest absolute Gasteiger partial charge is 0.269 e. The highest BCUT2D eigenvalue weighted by Gasteiger charge is 2.38. The molecule has 0 radical (unpaired) electrons. The number of carbonyl (C=O) groups is 2. The van der Waals surface area contributed by atoms with Gasteiger partial charge in [0.2, 0.25) is 0 Å². The third-order valence-electron chi connectivity index (χ3n) is 3.87. The van der Waals surface area contributed by atoms with Gasteiger partial charge in [-0.1, -0.05) is 6.92 Å². The van der Waals surface area contributed by atoms with Gasteiger partial charge in [0, 0.05) is 24.5 Å². The number of aromatic nitrogens is 1. The quantitative estimate of drug-likeness (QED) is 0.441. The number of benzene rings is 1. The Morgan fingerprint density at radius 1 is 1.08 bits per heavy atom. The Bertz CT molecular complexity index is 894. The van der Waals surface area contributed by atoms with Crippen molar-refractivity contribution in [2.75, 3.05) is 5.75 Å². The van der Waals surface area contributed by atoms with Crippen LogP contribution in [-0.4, -0.2) is 32.4 Å². The fourth-order valence-corrected chi connectivity index (χ4v) is 3.52. The summed E-state index contributed by atoms with van der Waals surface area (Å²) < 4.78 is 0. The summed E-state index contributed by atoms with van der Waals surface area (Å²) in [7, 11) is 0. The molecular weight excluding hydrogens is 354 g/mol. The largest absolute Gasteiger partial charge is 0.269 e. The Balaban J connectivity index is 1.96. The van der Waals surface area contributed by atoms with Crippen LogP contribution in [0.3, 0.4) is 0 Å². The minimum atomic E-state index is -0.503. The molecule has 1 aromatic heterocycles. The lowest BCUT2D eigenvalue weighted by molar-refractivity contribution is -0.384. The van der Waals surface area contributed by atoms with E-state index in [9.17, 15) is 19.7 Å². The van der Waals surface area contributed by atoms with E-state index in [2.05, 4.69) is 4.98 Å². The van der Waals surface area contributed by atoms with E-state index in [1.807, 2.05) is 6.92 Å². The summed E-state index contributed by atoms with van der Waals surface area (Å²) in [5.41, 5.74) is 1.53. The molecular formula is C18H15N3O4S. The van der Waals surface area contributed by atoms with Crippen LogP contribution in [-0.2, 0) is 16.1 Å². The maximum absolute atomic E-state index is 12.9. The summed E-state index contributed by atoms with van der Waals surface area (Å²) >= 11 is 1.30. The van der Waals surface area contributed by atoms with Crippen molar-refractivity contribution in [2.45, 2.75) is 13.5 Å². The fourth-order valence-electron chi connectivity index (χ4n) is 2.65. The molecule has 0 bridgehead atoms. The first-order valence-electron chi connectivity index (χ1n) is 7.90. The number of amides is 2. The number of hydrogen-bond acceptors (Lipinski definition) is 6. The number of hydrogen-bond donors (Lipinski definition) is 0. The van der Waals surface area contributed by atoms with Crippen molar-refractivity contribution in [3.63, 3.8) is 0 Å². The molecule has 26 heavy (non-hydrogen) atoms. The van der Waals surface area contributed by atoms with Gasteiger partial charge in [-0.15, -0.1) is 11.8 Å². The van der Waals surface area contributed by atoms with E-state index in [0.29, 0.717) is 21.8 Å². The first kappa shape index (κ1) is 17.8. The molecule has 7 nitrogen and oxygen atoms in total. The predicted molar refractivity (Wildman–Crippen MR) is 97.9 cm³/mol. The van der Waals surface area contributed by atoms with E-state index in [1.54, 1.807) is 24.5 Å². The lowest BCUT2D eigenvalue weighted by atomic mass is 10.1. The zero-order valence-electron chi connectivity index (χ0n) is 13.9. The van der Waals surface area contributed by atoms with Gasteiger partial charge in [0.25, 0.3) is 17.5 Å². The van der Waals surface area contributed by atoms with Crippen molar-refractivity contribution in [2.24, 2.45) is 0 Å². The minimum absolute atomic E-state index is 0.0653. The Kier molecular flexibility index (Phi) is 5.13. The Morgan fingerprint density at radius 3 is 2.31 bits per heavy atom. The normalized spacial score (nSPS) is 14.3. The number of nitro benzene ring substituents is 1. The van der Waals surface area contributed by atoms with Crippen LogP contribution in [0.2, 0.25) is 0 Å². The van der Waals surface area contributed by atoms with Gasteiger partial charge in [-0.05, 0) is 41.1 Å². The van der Waals surface area contributed by atoms with Crippen molar-refractivity contribution >= 4 is 34.8 Å². The maximum Gasteiger partial charge on any atom is 0.269 e. The van der Waals surface area contributed by atoms with E-state index >= 15 is 0 Å². The molecule has 0 N–H and O–H groups in total. The molecule has 2 amide bonds. The molecule has 0 unspecified atom stereocenters. The topological polar surface area (TPSA) is 93.4 Å². The number of imide groups is 1. The van der Waals surface area contributed by atoms with Gasteiger partial charge in [-0.3, -0.25) is 29.6 Å². The number of thioether (sulfide) groups is 1. The zero-order valence-corrected chi connectivity index (χ0v) is 14.7. The van der Waals surface area contributed by atoms with Gasteiger partial charge < -0.3 is 0 Å². The Hall–Kier alpha value is -3.00. The molecule has 132 valence electrons. The summed E-state index contributed by atoms with van der Waals surface area (Å²) in [5.74, 6) is -0.0999. The van der Waals surface area contributed by atoms with E-state index in [-0.39, 0.29) is 18.1 Å². The molecule has 2 heterocycles. The predicted octanol–water partition coefficient (Wildman–Crippen LogP) is 3.02. The molecule has 0 fully saturated rings. The first-order chi connectivity index (χ1) is 12.5. The summed E-state index contributed by atoms with van der Waals surface area (Å²) in [6.45, 7) is 2.05. The molecule has 8 heteroatoms. The monoisotopic (exact) mass is 369 g/mol. The fraction of sp³-hybridized carbons (Fsp3) is 0.167.